The van der Waals surface area contributed by atoms with Gasteiger partial charge < -0.3 is 10.2 Å². The Labute approximate surface area is 155 Å². The summed E-state index contributed by atoms with van der Waals surface area (Å²) < 4.78 is 0. The third-order valence-corrected chi connectivity index (χ3v) is 4.90. The summed E-state index contributed by atoms with van der Waals surface area (Å²) >= 11 is 0. The normalized spacial score (nSPS) is 15.3. The Kier molecular flexibility index (Phi) is 6.21. The number of hydrogen-bond donors (Lipinski definition) is 1. The van der Waals surface area contributed by atoms with E-state index in [1.807, 2.05) is 37.1 Å². The number of carbonyl (C=O) groups is 1. The summed E-state index contributed by atoms with van der Waals surface area (Å²) in [6.07, 6.45) is 7.06. The molecule has 1 fully saturated rings. The molecule has 0 aliphatic heterocycles. The van der Waals surface area contributed by atoms with E-state index in [0.29, 0.717) is 11.5 Å². The van der Waals surface area contributed by atoms with E-state index in [9.17, 15) is 4.79 Å². The molecule has 1 aromatic heterocycles. The number of rotatable bonds is 5. The van der Waals surface area contributed by atoms with Crippen molar-refractivity contribution in [1.82, 2.24) is 15.3 Å². The van der Waals surface area contributed by atoms with Crippen molar-refractivity contribution in [3.63, 3.8) is 0 Å². The summed E-state index contributed by atoms with van der Waals surface area (Å²) in [6, 6.07) is 12.3. The molecule has 2 aromatic rings. The van der Waals surface area contributed by atoms with Gasteiger partial charge in [-0.3, -0.25) is 4.79 Å². The van der Waals surface area contributed by atoms with Crippen molar-refractivity contribution in [2.24, 2.45) is 0 Å². The monoisotopic (exact) mass is 352 g/mol. The summed E-state index contributed by atoms with van der Waals surface area (Å²) in [4.78, 5) is 23.6. The Morgan fingerprint density at radius 2 is 1.81 bits per heavy atom. The van der Waals surface area contributed by atoms with Crippen molar-refractivity contribution in [3.05, 3.63) is 53.5 Å². The summed E-state index contributed by atoms with van der Waals surface area (Å²) in [6.45, 7) is 2.57. The minimum absolute atomic E-state index is 0.0863. The summed E-state index contributed by atoms with van der Waals surface area (Å²) in [5, 5.41) is 3.17. The zero-order chi connectivity index (χ0) is 18.4. The van der Waals surface area contributed by atoms with Crippen molar-refractivity contribution in [3.8, 4) is 0 Å². The van der Waals surface area contributed by atoms with Crippen LogP contribution < -0.4 is 10.2 Å². The lowest BCUT2D eigenvalue weighted by atomic mass is 10.1. The maximum absolute atomic E-state index is 12.7. The lowest BCUT2D eigenvalue weighted by Crippen LogP contribution is -2.35. The molecule has 1 saturated carbocycles. The van der Waals surface area contributed by atoms with E-state index in [2.05, 4.69) is 27.4 Å². The standard InChI is InChI=1S/C21H28N4O/c1-16-22-19(21(26)24-18-12-8-3-4-9-13-18)14-20(23-16)25(2)15-17-10-6-5-7-11-17/h5-7,10-11,14,18H,3-4,8-9,12-13,15H2,1-2H3,(H,24,26). The van der Waals surface area contributed by atoms with Crippen LogP contribution in [0.15, 0.2) is 36.4 Å². The van der Waals surface area contributed by atoms with E-state index in [4.69, 9.17) is 0 Å². The third kappa shape index (κ3) is 5.04. The Hall–Kier alpha value is -2.43. The predicted molar refractivity (Wildman–Crippen MR) is 104 cm³/mol. The van der Waals surface area contributed by atoms with Crippen molar-refractivity contribution >= 4 is 11.7 Å². The van der Waals surface area contributed by atoms with Crippen molar-refractivity contribution < 1.29 is 4.79 Å². The fourth-order valence-corrected chi connectivity index (χ4v) is 3.49. The minimum atomic E-state index is -0.0863. The van der Waals surface area contributed by atoms with Gasteiger partial charge in [-0.1, -0.05) is 56.0 Å². The fourth-order valence-electron chi connectivity index (χ4n) is 3.49. The molecule has 26 heavy (non-hydrogen) atoms. The van der Waals surface area contributed by atoms with Crippen LogP contribution in [0.25, 0.3) is 0 Å². The Morgan fingerprint density at radius 3 is 2.50 bits per heavy atom. The molecule has 1 N–H and O–H groups in total. The van der Waals surface area contributed by atoms with Gasteiger partial charge in [0.15, 0.2) is 0 Å². The van der Waals surface area contributed by atoms with Crippen molar-refractivity contribution in [2.45, 2.75) is 58.0 Å². The molecule has 0 atom stereocenters. The highest BCUT2D eigenvalue weighted by molar-refractivity contribution is 5.93. The molecule has 1 aliphatic carbocycles. The van der Waals surface area contributed by atoms with Crippen LogP contribution in [0.4, 0.5) is 5.82 Å². The second-order valence-corrected chi connectivity index (χ2v) is 7.16. The first-order valence-corrected chi connectivity index (χ1v) is 9.53. The molecule has 1 aliphatic rings. The number of carbonyl (C=O) groups excluding carboxylic acids is 1. The Morgan fingerprint density at radius 1 is 1.12 bits per heavy atom. The maximum atomic E-state index is 12.7. The van der Waals surface area contributed by atoms with E-state index in [1.165, 1.54) is 31.2 Å². The Bertz CT molecular complexity index is 724. The third-order valence-electron chi connectivity index (χ3n) is 4.90. The topological polar surface area (TPSA) is 58.1 Å². The van der Waals surface area contributed by atoms with Crippen LogP contribution in [-0.4, -0.2) is 29.0 Å². The lowest BCUT2D eigenvalue weighted by Gasteiger charge is -2.20. The van der Waals surface area contributed by atoms with Gasteiger partial charge in [0, 0.05) is 25.7 Å². The van der Waals surface area contributed by atoms with Crippen molar-refractivity contribution in [2.75, 3.05) is 11.9 Å². The first-order valence-electron chi connectivity index (χ1n) is 9.53. The SMILES string of the molecule is Cc1nc(C(=O)NC2CCCCCC2)cc(N(C)Cc2ccccc2)n1. The molecule has 1 amide bonds. The van der Waals surface area contributed by atoms with Crippen molar-refractivity contribution in [1.29, 1.82) is 0 Å². The molecule has 0 spiro atoms. The number of benzene rings is 1. The van der Waals surface area contributed by atoms with Crippen LogP contribution in [0.1, 0.15) is 60.4 Å². The molecule has 1 aromatic carbocycles. The molecule has 0 radical (unpaired) electrons. The molecule has 5 nitrogen and oxygen atoms in total. The first kappa shape index (κ1) is 18.4. The number of aromatic nitrogens is 2. The fraction of sp³-hybridized carbons (Fsp3) is 0.476. The number of amides is 1. The Balaban J connectivity index is 1.71. The summed E-state index contributed by atoms with van der Waals surface area (Å²) in [5.74, 6) is 1.30. The number of nitrogens with one attached hydrogen (secondary N) is 1. The average Bonchev–Trinajstić information content (AvgIpc) is 2.90. The molecular formula is C21H28N4O. The van der Waals surface area contributed by atoms with E-state index in [-0.39, 0.29) is 11.9 Å². The molecular weight excluding hydrogens is 324 g/mol. The molecule has 0 saturated heterocycles. The maximum Gasteiger partial charge on any atom is 0.270 e. The number of aryl methyl sites for hydroxylation is 1. The predicted octanol–water partition coefficient (Wildman–Crippen LogP) is 3.87. The largest absolute Gasteiger partial charge is 0.355 e. The zero-order valence-electron chi connectivity index (χ0n) is 15.7. The summed E-state index contributed by atoms with van der Waals surface area (Å²) in [7, 11) is 1.99. The smallest absolute Gasteiger partial charge is 0.270 e. The van der Waals surface area contributed by atoms with E-state index >= 15 is 0 Å². The van der Waals surface area contributed by atoms with Gasteiger partial charge in [0.25, 0.3) is 5.91 Å². The molecule has 5 heteroatoms. The average molecular weight is 352 g/mol. The van der Waals surface area contributed by atoms with Gasteiger partial charge in [-0.05, 0) is 25.3 Å². The van der Waals surface area contributed by atoms with E-state index in [0.717, 1.165) is 25.2 Å². The van der Waals surface area contributed by atoms with E-state index in [1.54, 1.807) is 6.07 Å². The lowest BCUT2D eigenvalue weighted by molar-refractivity contribution is 0.0928. The molecule has 1 heterocycles. The van der Waals surface area contributed by atoms with Crippen LogP contribution in [0, 0.1) is 6.92 Å². The highest BCUT2D eigenvalue weighted by atomic mass is 16.1. The van der Waals surface area contributed by atoms with Crippen LogP contribution in [0.5, 0.6) is 0 Å². The second kappa shape index (κ2) is 8.79. The van der Waals surface area contributed by atoms with Crippen LogP contribution in [0.3, 0.4) is 0 Å². The molecule has 138 valence electrons. The van der Waals surface area contributed by atoms with Gasteiger partial charge in [-0.2, -0.15) is 0 Å². The van der Waals surface area contributed by atoms with Crippen LogP contribution in [-0.2, 0) is 6.54 Å². The zero-order valence-corrected chi connectivity index (χ0v) is 15.7. The number of hydrogen-bond acceptors (Lipinski definition) is 4. The van der Waals surface area contributed by atoms with E-state index < -0.39 is 0 Å². The van der Waals surface area contributed by atoms with Crippen LogP contribution >= 0.6 is 0 Å². The molecule has 0 bridgehead atoms. The van der Waals surface area contributed by atoms with Gasteiger partial charge in [0.2, 0.25) is 0 Å². The summed E-state index contributed by atoms with van der Waals surface area (Å²) in [5.41, 5.74) is 1.66. The van der Waals surface area contributed by atoms with Crippen LogP contribution in [0.2, 0.25) is 0 Å². The second-order valence-electron chi connectivity index (χ2n) is 7.16. The van der Waals surface area contributed by atoms with Gasteiger partial charge in [-0.15, -0.1) is 0 Å². The number of anilines is 1. The van der Waals surface area contributed by atoms with Gasteiger partial charge in [0.05, 0.1) is 0 Å². The minimum Gasteiger partial charge on any atom is -0.355 e. The highest BCUT2D eigenvalue weighted by Gasteiger charge is 2.18. The number of nitrogens with zero attached hydrogens (tertiary/aromatic N) is 3. The molecule has 0 unspecified atom stereocenters. The first-order chi connectivity index (χ1) is 12.6. The van der Waals surface area contributed by atoms with Gasteiger partial charge >= 0.3 is 0 Å². The van der Waals surface area contributed by atoms with Gasteiger partial charge in [0.1, 0.15) is 17.3 Å². The quantitative estimate of drug-likeness (QED) is 0.830. The molecule has 3 rings (SSSR count). The highest BCUT2D eigenvalue weighted by Crippen LogP contribution is 2.18. The van der Waals surface area contributed by atoms with Gasteiger partial charge in [-0.25, -0.2) is 9.97 Å².